The molecule has 34 heavy (non-hydrogen) atoms. The Morgan fingerprint density at radius 2 is 1.76 bits per heavy atom. The molecule has 0 fully saturated rings. The molecule has 176 valence electrons. The van der Waals surface area contributed by atoms with E-state index in [1.54, 1.807) is 48.9 Å². The number of nitrogens with zero attached hydrogens (tertiary/aromatic N) is 3. The van der Waals surface area contributed by atoms with E-state index in [-0.39, 0.29) is 28.8 Å². The summed E-state index contributed by atoms with van der Waals surface area (Å²) in [7, 11) is 0. The highest BCUT2D eigenvalue weighted by Gasteiger charge is 2.48. The Morgan fingerprint density at radius 3 is 2.38 bits per heavy atom. The summed E-state index contributed by atoms with van der Waals surface area (Å²) in [4.78, 5) is 42.2. The number of H-pyrrole nitrogens is 1. The maximum atomic E-state index is 13.8. The number of halogens is 1. The number of carbonyl (C=O) groups is 2. The second-order valence-corrected chi connectivity index (χ2v) is 9.38. The number of carbonyl (C=O) groups excluding carboxylic acids is 2. The Balaban J connectivity index is 2.06. The number of imide groups is 1. The Hall–Kier alpha value is -3.45. The van der Waals surface area contributed by atoms with E-state index in [1.807, 2.05) is 39.1 Å². The van der Waals surface area contributed by atoms with Gasteiger partial charge < -0.3 is 0 Å². The predicted octanol–water partition coefficient (Wildman–Crippen LogP) is 3.94. The van der Waals surface area contributed by atoms with Crippen molar-refractivity contribution in [1.82, 2.24) is 14.7 Å². The van der Waals surface area contributed by atoms with Crippen molar-refractivity contribution < 1.29 is 14.2 Å². The van der Waals surface area contributed by atoms with Gasteiger partial charge in [-0.1, -0.05) is 38.4 Å². The summed E-state index contributed by atoms with van der Waals surface area (Å²) < 4.78 is 3.04. The lowest BCUT2D eigenvalue weighted by Crippen LogP contribution is -2.42. The van der Waals surface area contributed by atoms with Gasteiger partial charge in [0.05, 0.1) is 11.3 Å². The van der Waals surface area contributed by atoms with Crippen molar-refractivity contribution in [3.63, 3.8) is 0 Å². The molecule has 0 radical (unpaired) electrons. The minimum Gasteiger partial charge on any atom is -0.294 e. The molecule has 7 nitrogen and oxygen atoms in total. The number of rotatable bonds is 6. The number of hydrogen-bond acceptors (Lipinski definition) is 3. The molecule has 0 atom stereocenters. The normalized spacial score (nSPS) is 14.3. The van der Waals surface area contributed by atoms with Crippen molar-refractivity contribution in [3.05, 3.63) is 81.0 Å². The molecule has 4 rings (SSSR count). The van der Waals surface area contributed by atoms with Crippen molar-refractivity contribution in [1.29, 1.82) is 0 Å². The van der Waals surface area contributed by atoms with Crippen LogP contribution in [0.3, 0.4) is 0 Å². The smallest absolute Gasteiger partial charge is 0.294 e. The number of aryl methyl sites for hydroxylation is 1. The first-order valence-corrected chi connectivity index (χ1v) is 11.8. The Morgan fingerprint density at radius 1 is 1.03 bits per heavy atom. The minimum atomic E-state index is -0.472. The number of aromatic amines is 1. The standard InChI is InChI=1S/C26H27ClN4O3/c1-6-17-9-8-12-29(14-17)23-21(24(32)30(16(4)5)26(23)34)20-22(15(2)3)28-31(25(20)33)19-11-7-10-18(27)13-19/h7-16H,6H2,1-5H3/p+1. The fraction of sp³-hybridized carbons (Fsp3) is 0.308. The van der Waals surface area contributed by atoms with E-state index in [9.17, 15) is 14.4 Å². The van der Waals surface area contributed by atoms with Gasteiger partial charge in [0.2, 0.25) is 0 Å². The monoisotopic (exact) mass is 479 g/mol. The third kappa shape index (κ3) is 3.90. The van der Waals surface area contributed by atoms with Crippen molar-refractivity contribution in [2.75, 3.05) is 0 Å². The maximum absolute atomic E-state index is 13.8. The van der Waals surface area contributed by atoms with Gasteiger partial charge in [0.25, 0.3) is 17.2 Å². The third-order valence-corrected chi connectivity index (χ3v) is 6.18. The molecule has 3 aromatic rings. The van der Waals surface area contributed by atoms with Gasteiger partial charge >= 0.3 is 5.91 Å². The van der Waals surface area contributed by atoms with E-state index in [2.05, 4.69) is 5.10 Å². The molecule has 2 aromatic heterocycles. The number of amides is 2. The van der Waals surface area contributed by atoms with Crippen LogP contribution in [0.1, 0.15) is 57.4 Å². The summed E-state index contributed by atoms with van der Waals surface area (Å²) >= 11 is 6.16. The summed E-state index contributed by atoms with van der Waals surface area (Å²) in [6.07, 6.45) is 4.34. The third-order valence-electron chi connectivity index (χ3n) is 5.95. The molecule has 0 unspecified atom stereocenters. The van der Waals surface area contributed by atoms with E-state index in [4.69, 9.17) is 11.6 Å². The average molecular weight is 480 g/mol. The van der Waals surface area contributed by atoms with Gasteiger partial charge in [0.1, 0.15) is 5.57 Å². The first kappa shape index (κ1) is 23.7. The number of hydrogen-bond donors (Lipinski definition) is 1. The summed E-state index contributed by atoms with van der Waals surface area (Å²) in [6.45, 7) is 9.46. The lowest BCUT2D eigenvalue weighted by molar-refractivity contribution is -0.577. The molecule has 0 saturated carbocycles. The zero-order chi connectivity index (χ0) is 24.7. The summed E-state index contributed by atoms with van der Waals surface area (Å²) in [5.74, 6) is -1.00. The number of nitrogens with one attached hydrogen (secondary N) is 1. The van der Waals surface area contributed by atoms with Gasteiger partial charge in [-0.25, -0.2) is 4.68 Å². The van der Waals surface area contributed by atoms with Gasteiger partial charge in [-0.15, -0.1) is 0 Å². The number of pyridine rings is 1. The Labute approximate surface area is 203 Å². The highest BCUT2D eigenvalue weighted by atomic mass is 35.5. The minimum absolute atomic E-state index is 0.111. The van der Waals surface area contributed by atoms with E-state index >= 15 is 0 Å². The van der Waals surface area contributed by atoms with Gasteiger partial charge in [-0.05, 0) is 50.5 Å². The van der Waals surface area contributed by atoms with Crippen LogP contribution in [-0.2, 0) is 16.0 Å². The second kappa shape index (κ2) is 9.06. The van der Waals surface area contributed by atoms with Gasteiger partial charge in [-0.3, -0.25) is 24.4 Å². The van der Waals surface area contributed by atoms with Crippen molar-refractivity contribution in [2.24, 2.45) is 0 Å². The maximum Gasteiger partial charge on any atom is 0.327 e. The van der Waals surface area contributed by atoms with Crippen LogP contribution in [0, 0.1) is 0 Å². The highest BCUT2D eigenvalue weighted by Crippen LogP contribution is 2.33. The topological polar surface area (TPSA) is 79.1 Å². The average Bonchev–Trinajstić information content (AvgIpc) is 3.26. The quantitative estimate of drug-likeness (QED) is 0.429. The van der Waals surface area contributed by atoms with Gasteiger partial charge in [-0.2, -0.15) is 4.57 Å². The molecule has 1 aliphatic heterocycles. The van der Waals surface area contributed by atoms with E-state index in [0.717, 1.165) is 12.0 Å². The van der Waals surface area contributed by atoms with Gasteiger partial charge in [0, 0.05) is 28.4 Å². The number of aromatic nitrogens is 3. The lowest BCUT2D eigenvalue weighted by Gasteiger charge is -2.18. The fourth-order valence-electron chi connectivity index (χ4n) is 4.25. The van der Waals surface area contributed by atoms with E-state index < -0.39 is 17.4 Å². The van der Waals surface area contributed by atoms with Crippen LogP contribution in [0.15, 0.2) is 53.6 Å². The van der Waals surface area contributed by atoms with Crippen LogP contribution in [0.4, 0.5) is 0 Å². The summed E-state index contributed by atoms with van der Waals surface area (Å²) in [5.41, 5.74) is 2.24. The van der Waals surface area contributed by atoms with Crippen LogP contribution in [-0.4, -0.2) is 32.5 Å². The van der Waals surface area contributed by atoms with Crippen LogP contribution in [0.25, 0.3) is 17.0 Å². The van der Waals surface area contributed by atoms with Crippen LogP contribution < -0.4 is 10.1 Å². The van der Waals surface area contributed by atoms with Crippen molar-refractivity contribution in [3.8, 4) is 5.69 Å². The second-order valence-electron chi connectivity index (χ2n) is 8.95. The highest BCUT2D eigenvalue weighted by molar-refractivity contribution is 6.44. The lowest BCUT2D eigenvalue weighted by atomic mass is 9.98. The molecule has 1 N–H and O–H groups in total. The molecule has 2 amide bonds. The molecule has 0 spiro atoms. The zero-order valence-electron chi connectivity index (χ0n) is 19.9. The molecule has 0 aliphatic carbocycles. The van der Waals surface area contributed by atoms with E-state index in [1.165, 1.54) is 9.58 Å². The fourth-order valence-corrected chi connectivity index (χ4v) is 4.44. The predicted molar refractivity (Wildman–Crippen MR) is 132 cm³/mol. The summed E-state index contributed by atoms with van der Waals surface area (Å²) in [6, 6.07) is 10.3. The molecule has 8 heteroatoms. The Bertz CT molecular complexity index is 1380. The molecular formula is C26H28ClN4O3+. The zero-order valence-corrected chi connectivity index (χ0v) is 20.7. The van der Waals surface area contributed by atoms with Gasteiger partial charge in [0.15, 0.2) is 12.4 Å². The molecule has 1 aliphatic rings. The van der Waals surface area contributed by atoms with E-state index in [0.29, 0.717) is 16.4 Å². The molecule has 0 saturated heterocycles. The van der Waals surface area contributed by atoms with Crippen LogP contribution in [0.2, 0.25) is 5.02 Å². The number of benzene rings is 1. The largest absolute Gasteiger partial charge is 0.327 e. The molecular weight excluding hydrogens is 452 g/mol. The first-order valence-electron chi connectivity index (χ1n) is 11.4. The first-order chi connectivity index (χ1) is 16.1. The Kier molecular flexibility index (Phi) is 6.32. The molecule has 3 heterocycles. The molecule has 1 aromatic carbocycles. The van der Waals surface area contributed by atoms with Crippen LogP contribution in [0.5, 0.6) is 0 Å². The van der Waals surface area contributed by atoms with Crippen LogP contribution >= 0.6 is 11.6 Å². The molecule has 0 bridgehead atoms. The van der Waals surface area contributed by atoms with Crippen molar-refractivity contribution in [2.45, 2.75) is 53.0 Å². The summed E-state index contributed by atoms with van der Waals surface area (Å²) in [5, 5.41) is 3.65. The SMILES string of the molecule is CCc1ccc[n+](C2=C(c3c(C(C)C)[nH]n(-c4cccc(Cl)c4)c3=O)C(=O)N(C(C)C)C2=O)c1. The van der Waals surface area contributed by atoms with Crippen molar-refractivity contribution >= 4 is 34.7 Å².